The van der Waals surface area contributed by atoms with Crippen molar-refractivity contribution in [3.8, 4) is 5.75 Å². The predicted molar refractivity (Wildman–Crippen MR) is 66.7 cm³/mol. The highest BCUT2D eigenvalue weighted by Crippen LogP contribution is 2.25. The van der Waals surface area contributed by atoms with Gasteiger partial charge in [-0.05, 0) is 17.5 Å². The van der Waals surface area contributed by atoms with Crippen molar-refractivity contribution < 1.29 is 19.4 Å². The second kappa shape index (κ2) is 6.64. The summed E-state index contributed by atoms with van der Waals surface area (Å²) in [5.74, 6) is -0.580. The van der Waals surface area contributed by atoms with Crippen LogP contribution in [0.4, 0.5) is 0 Å². The number of rotatable bonds is 6. The van der Waals surface area contributed by atoms with Crippen LogP contribution in [-0.2, 0) is 9.59 Å². The topological polar surface area (TPSA) is 75.6 Å². The lowest BCUT2D eigenvalue weighted by Crippen LogP contribution is -2.33. The van der Waals surface area contributed by atoms with Crippen molar-refractivity contribution in [1.82, 2.24) is 5.32 Å². The van der Waals surface area contributed by atoms with Crippen molar-refractivity contribution in [3.05, 3.63) is 29.8 Å². The van der Waals surface area contributed by atoms with Crippen LogP contribution in [0.1, 0.15) is 25.3 Å². The summed E-state index contributed by atoms with van der Waals surface area (Å²) in [5.41, 5.74) is 1.02. The zero-order valence-corrected chi connectivity index (χ0v) is 10.5. The molecule has 0 saturated heterocycles. The van der Waals surface area contributed by atoms with Crippen LogP contribution in [0.5, 0.6) is 5.75 Å². The molecule has 0 aliphatic heterocycles. The average Bonchev–Trinajstić information content (AvgIpc) is 2.34. The zero-order chi connectivity index (χ0) is 13.5. The third-order valence-electron chi connectivity index (χ3n) is 2.34. The highest BCUT2D eigenvalue weighted by atomic mass is 16.5. The van der Waals surface area contributed by atoms with Gasteiger partial charge in [-0.1, -0.05) is 32.0 Å². The number of benzene rings is 1. The number of hydrogen-bond donors (Lipinski definition) is 2. The average molecular weight is 251 g/mol. The SMILES string of the molecule is CC(C)c1ccccc1OCC(=O)NCC(=O)O. The van der Waals surface area contributed by atoms with Crippen LogP contribution < -0.4 is 10.1 Å². The van der Waals surface area contributed by atoms with Crippen LogP contribution in [0.2, 0.25) is 0 Å². The first-order chi connectivity index (χ1) is 8.50. The Balaban J connectivity index is 2.53. The first-order valence-electron chi connectivity index (χ1n) is 5.71. The molecule has 1 aromatic rings. The van der Waals surface area contributed by atoms with Crippen molar-refractivity contribution in [2.24, 2.45) is 0 Å². The Morgan fingerprint density at radius 1 is 1.33 bits per heavy atom. The van der Waals surface area contributed by atoms with E-state index in [0.717, 1.165) is 5.56 Å². The summed E-state index contributed by atoms with van der Waals surface area (Å²) in [6.07, 6.45) is 0. The quantitative estimate of drug-likeness (QED) is 0.801. The van der Waals surface area contributed by atoms with Gasteiger partial charge in [0.15, 0.2) is 6.61 Å². The van der Waals surface area contributed by atoms with Gasteiger partial charge >= 0.3 is 5.97 Å². The van der Waals surface area contributed by atoms with Gasteiger partial charge < -0.3 is 15.2 Å². The summed E-state index contributed by atoms with van der Waals surface area (Å²) >= 11 is 0. The summed E-state index contributed by atoms with van der Waals surface area (Å²) in [7, 11) is 0. The molecular weight excluding hydrogens is 234 g/mol. The van der Waals surface area contributed by atoms with Crippen molar-refractivity contribution in [2.45, 2.75) is 19.8 Å². The number of carbonyl (C=O) groups is 2. The predicted octanol–water partition coefficient (Wildman–Crippen LogP) is 1.39. The Morgan fingerprint density at radius 3 is 2.61 bits per heavy atom. The Bertz CT molecular complexity index is 429. The fourth-order valence-electron chi connectivity index (χ4n) is 1.46. The standard InChI is InChI=1S/C13H17NO4/c1-9(2)10-5-3-4-6-11(10)18-8-12(15)14-7-13(16)17/h3-6,9H,7-8H2,1-2H3,(H,14,15)(H,16,17). The molecule has 2 N–H and O–H groups in total. The highest BCUT2D eigenvalue weighted by molar-refractivity contribution is 5.82. The van der Waals surface area contributed by atoms with Gasteiger partial charge in [-0.2, -0.15) is 0 Å². The minimum Gasteiger partial charge on any atom is -0.483 e. The van der Waals surface area contributed by atoms with Gasteiger partial charge in [0.25, 0.3) is 5.91 Å². The molecule has 0 radical (unpaired) electrons. The highest BCUT2D eigenvalue weighted by Gasteiger charge is 2.09. The maximum Gasteiger partial charge on any atom is 0.322 e. The van der Waals surface area contributed by atoms with E-state index in [4.69, 9.17) is 9.84 Å². The van der Waals surface area contributed by atoms with Crippen LogP contribution in [-0.4, -0.2) is 30.1 Å². The summed E-state index contributed by atoms with van der Waals surface area (Å²) in [5, 5.41) is 10.6. The number of aliphatic carboxylic acids is 1. The maximum absolute atomic E-state index is 11.3. The molecule has 0 atom stereocenters. The van der Waals surface area contributed by atoms with E-state index in [9.17, 15) is 9.59 Å². The van der Waals surface area contributed by atoms with E-state index in [1.54, 1.807) is 6.07 Å². The number of amides is 1. The fraction of sp³-hybridized carbons (Fsp3) is 0.385. The molecule has 18 heavy (non-hydrogen) atoms. The molecule has 0 saturated carbocycles. The third kappa shape index (κ3) is 4.45. The number of para-hydroxylation sites is 1. The van der Waals surface area contributed by atoms with Crippen molar-refractivity contribution >= 4 is 11.9 Å². The van der Waals surface area contributed by atoms with Crippen LogP contribution in [0, 0.1) is 0 Å². The lowest BCUT2D eigenvalue weighted by molar-refractivity contribution is -0.138. The Kier molecular flexibility index (Phi) is 5.17. The van der Waals surface area contributed by atoms with E-state index >= 15 is 0 Å². The Hall–Kier alpha value is -2.04. The molecule has 0 heterocycles. The minimum atomic E-state index is -1.08. The second-order valence-electron chi connectivity index (χ2n) is 4.15. The molecule has 1 amide bonds. The molecule has 98 valence electrons. The summed E-state index contributed by atoms with van der Waals surface area (Å²) in [6, 6.07) is 7.47. The van der Waals surface area contributed by atoms with Gasteiger partial charge in [-0.15, -0.1) is 0 Å². The summed E-state index contributed by atoms with van der Waals surface area (Å²) in [6.45, 7) is 3.49. The molecular formula is C13H17NO4. The number of ether oxygens (including phenoxy) is 1. The van der Waals surface area contributed by atoms with Crippen LogP contribution in [0.25, 0.3) is 0 Å². The maximum atomic E-state index is 11.3. The van der Waals surface area contributed by atoms with Crippen molar-refractivity contribution in [1.29, 1.82) is 0 Å². The summed E-state index contributed by atoms with van der Waals surface area (Å²) in [4.78, 5) is 21.6. The number of nitrogens with one attached hydrogen (secondary N) is 1. The molecule has 0 aliphatic carbocycles. The van der Waals surface area contributed by atoms with Gasteiger partial charge in [0.05, 0.1) is 0 Å². The molecule has 5 heteroatoms. The second-order valence-corrected chi connectivity index (χ2v) is 4.15. The first-order valence-corrected chi connectivity index (χ1v) is 5.71. The molecule has 0 aromatic heterocycles. The number of hydrogen-bond acceptors (Lipinski definition) is 3. The smallest absolute Gasteiger partial charge is 0.322 e. The van der Waals surface area contributed by atoms with Crippen molar-refractivity contribution in [2.75, 3.05) is 13.2 Å². The molecule has 0 spiro atoms. The van der Waals surface area contributed by atoms with Gasteiger partial charge in [-0.3, -0.25) is 9.59 Å². The molecule has 0 bridgehead atoms. The molecule has 0 aliphatic rings. The summed E-state index contributed by atoms with van der Waals surface area (Å²) < 4.78 is 5.39. The number of carboxylic acids is 1. The van der Waals surface area contributed by atoms with Gasteiger partial charge in [-0.25, -0.2) is 0 Å². The molecule has 1 aromatic carbocycles. The number of carboxylic acid groups (broad SMARTS) is 1. The monoisotopic (exact) mass is 251 g/mol. The van der Waals surface area contributed by atoms with Crippen LogP contribution in [0.3, 0.4) is 0 Å². The Morgan fingerprint density at radius 2 is 2.00 bits per heavy atom. The lowest BCUT2D eigenvalue weighted by atomic mass is 10.0. The fourth-order valence-corrected chi connectivity index (χ4v) is 1.46. The number of carbonyl (C=O) groups excluding carboxylic acids is 1. The largest absolute Gasteiger partial charge is 0.483 e. The first kappa shape index (κ1) is 14.0. The third-order valence-corrected chi connectivity index (χ3v) is 2.34. The van der Waals surface area contributed by atoms with E-state index in [0.29, 0.717) is 11.7 Å². The lowest BCUT2D eigenvalue weighted by Gasteiger charge is -2.13. The zero-order valence-electron chi connectivity index (χ0n) is 10.5. The van der Waals surface area contributed by atoms with Gasteiger partial charge in [0.1, 0.15) is 12.3 Å². The van der Waals surface area contributed by atoms with Crippen LogP contribution >= 0.6 is 0 Å². The minimum absolute atomic E-state index is 0.184. The van der Waals surface area contributed by atoms with E-state index in [-0.39, 0.29) is 6.61 Å². The van der Waals surface area contributed by atoms with Gasteiger partial charge in [0, 0.05) is 0 Å². The molecule has 0 unspecified atom stereocenters. The Labute approximate surface area is 106 Å². The van der Waals surface area contributed by atoms with E-state index in [1.807, 2.05) is 32.0 Å². The van der Waals surface area contributed by atoms with Crippen molar-refractivity contribution in [3.63, 3.8) is 0 Å². The van der Waals surface area contributed by atoms with E-state index in [2.05, 4.69) is 5.32 Å². The van der Waals surface area contributed by atoms with Crippen LogP contribution in [0.15, 0.2) is 24.3 Å². The normalized spacial score (nSPS) is 10.2. The van der Waals surface area contributed by atoms with E-state index in [1.165, 1.54) is 0 Å². The van der Waals surface area contributed by atoms with E-state index < -0.39 is 18.4 Å². The molecule has 0 fully saturated rings. The van der Waals surface area contributed by atoms with Gasteiger partial charge in [0.2, 0.25) is 0 Å². The molecule has 1 rings (SSSR count). The molecule has 5 nitrogen and oxygen atoms in total.